The van der Waals surface area contributed by atoms with Crippen LogP contribution in [0, 0.1) is 0 Å². The highest BCUT2D eigenvalue weighted by Crippen LogP contribution is 2.52. The third-order valence-corrected chi connectivity index (χ3v) is 22.0. The summed E-state index contributed by atoms with van der Waals surface area (Å²) in [5.41, 5.74) is 28.2. The van der Waals surface area contributed by atoms with Crippen molar-refractivity contribution in [3.63, 3.8) is 0 Å². The van der Waals surface area contributed by atoms with Crippen molar-refractivity contribution in [2.75, 3.05) is 0 Å². The van der Waals surface area contributed by atoms with E-state index in [0.717, 1.165) is 77.3 Å². The number of hydrogen-bond donors (Lipinski definition) is 0. The van der Waals surface area contributed by atoms with Crippen molar-refractivity contribution in [3.05, 3.63) is 284 Å². The molecule has 0 amide bonds. The van der Waals surface area contributed by atoms with Crippen molar-refractivity contribution < 1.29 is 8.83 Å². The molecular weight excluding hydrogens is 1180 g/mol. The molecule has 0 N–H and O–H groups in total. The predicted molar refractivity (Wildman–Crippen MR) is 411 cm³/mol. The number of hydrogen-bond acceptors (Lipinski definition) is 2. The molecular formula is C92H63BN2O2. The molecule has 4 nitrogen and oxygen atoms in total. The summed E-state index contributed by atoms with van der Waals surface area (Å²) in [5.74, 6) is 0. The topological polar surface area (TPSA) is 36.1 Å². The molecule has 2 aliphatic rings. The highest BCUT2D eigenvalue weighted by Gasteiger charge is 2.43. The summed E-state index contributed by atoms with van der Waals surface area (Å²) < 4.78 is 19.5. The Hall–Kier alpha value is -11.7. The molecule has 0 spiro atoms. The second-order valence-corrected chi connectivity index (χ2v) is 29.4. The van der Waals surface area contributed by atoms with Crippen LogP contribution in [-0.2, 0) is 10.8 Å². The van der Waals surface area contributed by atoms with Gasteiger partial charge in [-0.3, -0.25) is 0 Å². The normalized spacial score (nSPS) is 13.0. The van der Waals surface area contributed by atoms with Crippen molar-refractivity contribution in [2.24, 2.45) is 0 Å². The van der Waals surface area contributed by atoms with E-state index < -0.39 is 0 Å². The van der Waals surface area contributed by atoms with Crippen LogP contribution in [0.15, 0.2) is 282 Å². The van der Waals surface area contributed by atoms with E-state index in [-0.39, 0.29) is 17.5 Å². The van der Waals surface area contributed by atoms with Crippen LogP contribution in [0.5, 0.6) is 0 Å². The number of fused-ring (bicyclic) bond motifs is 23. The molecule has 21 rings (SSSR count). The SMILES string of the molecule is CC(C)(C)c1ccc2c(c1)c1cc(C(C)(C)C)cc3c1n2-c1cc(-c2c(-c4cccc5c4oc4ccccc45)cccc2-c2cccc4c2oc2ccccc24)cc2c1B3c1cc(-c3ccccc3-c3ccccc3)cc3c4c5c6ccccc6c6ccccc6c5ccc4n-2c13. The highest BCUT2D eigenvalue weighted by atomic mass is 16.3. The van der Waals surface area contributed by atoms with E-state index in [1.807, 2.05) is 0 Å². The van der Waals surface area contributed by atoms with E-state index in [9.17, 15) is 0 Å². The van der Waals surface area contributed by atoms with Gasteiger partial charge in [0.1, 0.15) is 22.3 Å². The summed E-state index contributed by atoms with van der Waals surface area (Å²) in [7, 11) is 0. The summed E-state index contributed by atoms with van der Waals surface area (Å²) in [6.45, 7) is 14.0. The molecule has 5 heteroatoms. The third kappa shape index (κ3) is 7.54. The molecule has 0 unspecified atom stereocenters. The molecule has 2 aliphatic heterocycles. The number of nitrogens with zero attached hydrogens (tertiary/aromatic N) is 2. The summed E-state index contributed by atoms with van der Waals surface area (Å²) in [6.07, 6.45) is 0. The average molecular weight is 1240 g/mol. The van der Waals surface area contributed by atoms with Crippen molar-refractivity contribution in [3.8, 4) is 67.0 Å². The minimum atomic E-state index is -0.182. The van der Waals surface area contributed by atoms with Crippen LogP contribution in [0.1, 0.15) is 52.7 Å². The van der Waals surface area contributed by atoms with Gasteiger partial charge in [0.15, 0.2) is 0 Å². The fraction of sp³-hybridized carbons (Fsp3) is 0.0870. The smallest absolute Gasteiger partial charge is 0.252 e. The Morgan fingerprint density at radius 1 is 0.289 bits per heavy atom. The standard InChI is InChI=1S/C92H63BN2O2/c1-91(2,3)55-41-43-77-72(49-55)73-50-56(92(4,5)6)51-76-87(73)94(77)79-47-54(83-65(70-37-21-35-68-62-30-16-18-39-81(62)96-89(68)70)33-20-34-66(83)71-38-22-36-69-63-31-17-19-40-82(63)97-90(69)71)48-80-86(79)93(76)75-46-53(58-26-11-10-25-57(58)52-23-8-7-9-24-52)45-74-85-78(95(80)88(74)75)44-42-67-61-29-13-12-27-59(61)60-28-14-15-32-64(60)84(67)85/h7-51H,1-6H3. The first-order valence-electron chi connectivity index (χ1n) is 34.2. The first kappa shape index (κ1) is 54.7. The van der Waals surface area contributed by atoms with Gasteiger partial charge in [0, 0.05) is 82.0 Å². The third-order valence-electron chi connectivity index (χ3n) is 22.0. The molecule has 0 saturated heterocycles. The minimum absolute atomic E-state index is 0.0864. The average Bonchev–Trinajstić information content (AvgIpc) is 1.53. The maximum Gasteiger partial charge on any atom is 0.252 e. The second kappa shape index (κ2) is 19.5. The molecule has 0 radical (unpaired) electrons. The van der Waals surface area contributed by atoms with Gasteiger partial charge in [-0.2, -0.15) is 0 Å². The molecule has 6 heterocycles. The van der Waals surface area contributed by atoms with Crippen LogP contribution in [0.2, 0.25) is 0 Å². The Morgan fingerprint density at radius 2 is 0.753 bits per heavy atom. The lowest BCUT2D eigenvalue weighted by Gasteiger charge is -2.35. The molecule has 97 heavy (non-hydrogen) atoms. The quantitative estimate of drug-likeness (QED) is 0.127. The Bertz CT molecular complexity index is 6550. The van der Waals surface area contributed by atoms with Crippen LogP contribution in [0.4, 0.5) is 0 Å². The van der Waals surface area contributed by atoms with Crippen molar-refractivity contribution in [1.82, 2.24) is 9.13 Å². The number of benzene rings is 15. The van der Waals surface area contributed by atoms with Crippen molar-refractivity contribution in [2.45, 2.75) is 52.4 Å². The number of para-hydroxylation sites is 4. The van der Waals surface area contributed by atoms with Gasteiger partial charge < -0.3 is 18.0 Å². The maximum absolute atomic E-state index is 7.08. The summed E-state index contributed by atoms with van der Waals surface area (Å²) in [5, 5.41) is 17.0. The van der Waals surface area contributed by atoms with Crippen LogP contribution in [0.3, 0.4) is 0 Å². The Balaban J connectivity index is 0.981. The van der Waals surface area contributed by atoms with Crippen LogP contribution < -0.4 is 16.4 Å². The predicted octanol–water partition coefficient (Wildman–Crippen LogP) is 23.2. The summed E-state index contributed by atoms with van der Waals surface area (Å²) >= 11 is 0. The fourth-order valence-corrected chi connectivity index (χ4v) is 17.6. The minimum Gasteiger partial charge on any atom is -0.455 e. The monoisotopic (exact) mass is 1240 g/mol. The fourth-order valence-electron chi connectivity index (χ4n) is 17.6. The summed E-state index contributed by atoms with van der Waals surface area (Å²) in [6, 6.07) is 103. The number of rotatable bonds is 5. The highest BCUT2D eigenvalue weighted by molar-refractivity contribution is 7.00. The largest absolute Gasteiger partial charge is 0.455 e. The lowest BCUT2D eigenvalue weighted by atomic mass is 9.34. The first-order valence-corrected chi connectivity index (χ1v) is 34.2. The van der Waals surface area contributed by atoms with Crippen LogP contribution >= 0.6 is 0 Å². The molecule has 0 bridgehead atoms. The van der Waals surface area contributed by atoms with Gasteiger partial charge in [0.2, 0.25) is 0 Å². The van der Waals surface area contributed by atoms with Gasteiger partial charge in [-0.05, 0) is 164 Å². The first-order chi connectivity index (χ1) is 47.4. The zero-order chi connectivity index (χ0) is 64.5. The van der Waals surface area contributed by atoms with E-state index in [2.05, 4.69) is 324 Å². The lowest BCUT2D eigenvalue weighted by molar-refractivity contribution is 0.590. The van der Waals surface area contributed by atoms with Gasteiger partial charge >= 0.3 is 0 Å². The van der Waals surface area contributed by atoms with Crippen molar-refractivity contribution >= 4 is 143 Å². The Morgan fingerprint density at radius 3 is 1.38 bits per heavy atom. The molecule has 19 aromatic rings. The van der Waals surface area contributed by atoms with Crippen LogP contribution in [0.25, 0.3) is 187 Å². The van der Waals surface area contributed by atoms with Gasteiger partial charge in [-0.15, -0.1) is 0 Å². The van der Waals surface area contributed by atoms with Crippen molar-refractivity contribution in [1.29, 1.82) is 0 Å². The Kier molecular flexibility index (Phi) is 11.0. The van der Waals surface area contributed by atoms with E-state index in [0.29, 0.717) is 0 Å². The van der Waals surface area contributed by atoms with Gasteiger partial charge in [-0.1, -0.05) is 260 Å². The lowest BCUT2D eigenvalue weighted by Crippen LogP contribution is -2.59. The summed E-state index contributed by atoms with van der Waals surface area (Å²) in [4.78, 5) is 0. The molecule has 456 valence electrons. The van der Waals surface area contributed by atoms with Gasteiger partial charge in [0.25, 0.3) is 6.71 Å². The molecule has 0 saturated carbocycles. The van der Waals surface area contributed by atoms with Crippen LogP contribution in [-0.4, -0.2) is 15.8 Å². The van der Waals surface area contributed by atoms with Gasteiger partial charge in [0.05, 0.1) is 11.0 Å². The molecule has 0 fully saturated rings. The molecule has 15 aromatic carbocycles. The van der Waals surface area contributed by atoms with Gasteiger partial charge in [-0.25, -0.2) is 0 Å². The van der Waals surface area contributed by atoms with E-state index >= 15 is 0 Å². The zero-order valence-corrected chi connectivity index (χ0v) is 54.8. The molecule has 4 aromatic heterocycles. The second-order valence-electron chi connectivity index (χ2n) is 29.4. The van der Waals surface area contributed by atoms with E-state index in [1.54, 1.807) is 0 Å². The maximum atomic E-state index is 7.08. The molecule has 0 aliphatic carbocycles. The number of furan rings is 2. The Labute approximate surface area is 560 Å². The molecule has 0 atom stereocenters. The van der Waals surface area contributed by atoms with E-state index in [1.165, 1.54) is 137 Å². The van der Waals surface area contributed by atoms with E-state index in [4.69, 9.17) is 8.83 Å². The zero-order valence-electron chi connectivity index (χ0n) is 54.8. The number of aromatic nitrogens is 2.